The van der Waals surface area contributed by atoms with Crippen LogP contribution in [0, 0.1) is 0 Å². The van der Waals surface area contributed by atoms with Gasteiger partial charge in [0, 0.05) is 0 Å². The van der Waals surface area contributed by atoms with Gasteiger partial charge in [0.1, 0.15) is 7.85 Å². The molecule has 0 aromatic rings. The van der Waals surface area contributed by atoms with Gasteiger partial charge in [0.05, 0.1) is 0 Å². The maximum Gasteiger partial charge on any atom is 0.113 e. The molecule has 0 heterocycles. The lowest BCUT2D eigenvalue weighted by Gasteiger charge is -2.03. The minimum Gasteiger partial charge on any atom is -0.106 e. The molecule has 0 N–H and O–H groups in total. The molecule has 11 heavy (non-hydrogen) atoms. The molecule has 0 unspecified atom stereocenters. The maximum absolute atomic E-state index is 5.53. The fourth-order valence-electron chi connectivity index (χ4n) is 0.795. The lowest BCUT2D eigenvalue weighted by Crippen LogP contribution is -1.85. The zero-order valence-corrected chi connectivity index (χ0v) is 7.86. The Kier molecular flexibility index (Phi) is 3.95. The molecular formula is C10H15B. The van der Waals surface area contributed by atoms with Gasteiger partial charge in [-0.05, 0) is 33.3 Å². The zero-order valence-electron chi connectivity index (χ0n) is 7.86. The van der Waals surface area contributed by atoms with E-state index in [1.54, 1.807) is 0 Å². The highest BCUT2D eigenvalue weighted by atomic mass is 14.0. The molecule has 1 heteroatoms. The first kappa shape index (κ1) is 10.3. The van der Waals surface area contributed by atoms with E-state index in [1.807, 2.05) is 13.8 Å². The van der Waals surface area contributed by atoms with Gasteiger partial charge in [0.25, 0.3) is 0 Å². The Morgan fingerprint density at radius 1 is 1.18 bits per heavy atom. The number of allylic oxidation sites excluding steroid dienone is 5. The summed E-state index contributed by atoms with van der Waals surface area (Å²) in [6, 6.07) is 0. The molecule has 0 saturated heterocycles. The van der Waals surface area contributed by atoms with Crippen LogP contribution in [0.3, 0.4) is 0 Å². The van der Waals surface area contributed by atoms with Gasteiger partial charge >= 0.3 is 0 Å². The number of hydrogen-bond donors (Lipinski definition) is 0. The highest BCUT2D eigenvalue weighted by Gasteiger charge is 1.92. The first-order valence-corrected chi connectivity index (χ1v) is 3.72. The Morgan fingerprint density at radius 3 is 1.91 bits per heavy atom. The van der Waals surface area contributed by atoms with E-state index in [0.29, 0.717) is 5.47 Å². The summed E-state index contributed by atoms with van der Waals surface area (Å²) in [7, 11) is 5.53. The van der Waals surface area contributed by atoms with E-state index < -0.39 is 0 Å². The van der Waals surface area contributed by atoms with Crippen LogP contribution in [0.1, 0.15) is 27.7 Å². The molecular weight excluding hydrogens is 131 g/mol. The van der Waals surface area contributed by atoms with Crippen LogP contribution in [-0.4, -0.2) is 7.85 Å². The van der Waals surface area contributed by atoms with Crippen LogP contribution in [0.15, 0.2) is 34.8 Å². The minimum absolute atomic E-state index is 0.653. The molecule has 0 bridgehead atoms. The average molecular weight is 146 g/mol. The number of rotatable bonds is 2. The van der Waals surface area contributed by atoms with Gasteiger partial charge in [-0.25, -0.2) is 0 Å². The van der Waals surface area contributed by atoms with Gasteiger partial charge in [-0.2, -0.15) is 0 Å². The molecule has 0 aromatic heterocycles. The topological polar surface area (TPSA) is 0 Å². The summed E-state index contributed by atoms with van der Waals surface area (Å²) in [4.78, 5) is 0. The van der Waals surface area contributed by atoms with Crippen molar-refractivity contribution in [2.45, 2.75) is 27.7 Å². The van der Waals surface area contributed by atoms with Crippen molar-refractivity contribution in [2.24, 2.45) is 0 Å². The van der Waals surface area contributed by atoms with E-state index in [4.69, 9.17) is 7.85 Å². The summed E-state index contributed by atoms with van der Waals surface area (Å²) in [5.74, 6) is 0. The van der Waals surface area contributed by atoms with Crippen LogP contribution in [0.5, 0.6) is 0 Å². The largest absolute Gasteiger partial charge is 0.113 e. The van der Waals surface area contributed by atoms with Crippen LogP contribution >= 0.6 is 0 Å². The van der Waals surface area contributed by atoms with E-state index in [1.165, 1.54) is 11.1 Å². The molecule has 2 radical (unpaired) electrons. The standard InChI is InChI=1S/C10H15B/c1-7(2)6-8(3)9(4)10(5)11/h6H,5H2,1-4H3/b9-8-. The van der Waals surface area contributed by atoms with Gasteiger partial charge in [0.2, 0.25) is 0 Å². The highest BCUT2D eigenvalue weighted by molar-refractivity contribution is 6.23. The summed E-state index contributed by atoms with van der Waals surface area (Å²) in [5.41, 5.74) is 4.20. The normalized spacial score (nSPS) is 12.0. The molecule has 0 fully saturated rings. The van der Waals surface area contributed by atoms with Crippen molar-refractivity contribution < 1.29 is 0 Å². The molecule has 0 aliphatic rings. The van der Waals surface area contributed by atoms with E-state index in [0.717, 1.165) is 5.57 Å². The Morgan fingerprint density at radius 2 is 1.64 bits per heavy atom. The molecule has 0 saturated carbocycles. The second-order valence-electron chi connectivity index (χ2n) is 3.05. The first-order chi connectivity index (χ1) is 4.95. The summed E-state index contributed by atoms with van der Waals surface area (Å²) >= 11 is 0. The maximum atomic E-state index is 5.53. The minimum atomic E-state index is 0.653. The van der Waals surface area contributed by atoms with Crippen LogP contribution < -0.4 is 0 Å². The summed E-state index contributed by atoms with van der Waals surface area (Å²) in [6.07, 6.45) is 2.10. The van der Waals surface area contributed by atoms with Gasteiger partial charge in [-0.1, -0.05) is 17.2 Å². The van der Waals surface area contributed by atoms with E-state index in [2.05, 4.69) is 26.5 Å². The predicted molar refractivity (Wildman–Crippen MR) is 52.7 cm³/mol. The lowest BCUT2D eigenvalue weighted by atomic mass is 9.88. The van der Waals surface area contributed by atoms with Crippen molar-refractivity contribution in [2.75, 3.05) is 0 Å². The summed E-state index contributed by atoms with van der Waals surface area (Å²) in [6.45, 7) is 11.8. The molecule has 0 aromatic carbocycles. The average Bonchev–Trinajstić information content (AvgIpc) is 1.84. The molecule has 0 rings (SSSR count). The van der Waals surface area contributed by atoms with Crippen molar-refractivity contribution in [3.05, 3.63) is 34.8 Å². The van der Waals surface area contributed by atoms with E-state index in [9.17, 15) is 0 Å². The Bertz CT molecular complexity index is 215. The van der Waals surface area contributed by atoms with E-state index >= 15 is 0 Å². The van der Waals surface area contributed by atoms with Crippen molar-refractivity contribution >= 4 is 7.85 Å². The third kappa shape index (κ3) is 3.87. The second-order valence-corrected chi connectivity index (χ2v) is 3.05. The zero-order chi connectivity index (χ0) is 9.02. The van der Waals surface area contributed by atoms with Crippen molar-refractivity contribution in [1.29, 1.82) is 0 Å². The van der Waals surface area contributed by atoms with Gasteiger partial charge in [-0.15, -0.1) is 12.1 Å². The molecule has 0 aliphatic heterocycles. The van der Waals surface area contributed by atoms with Crippen molar-refractivity contribution in [3.8, 4) is 0 Å². The highest BCUT2D eigenvalue weighted by Crippen LogP contribution is 2.12. The Hall–Kier alpha value is -0.715. The fourth-order valence-corrected chi connectivity index (χ4v) is 0.795. The van der Waals surface area contributed by atoms with Crippen molar-refractivity contribution in [1.82, 2.24) is 0 Å². The van der Waals surface area contributed by atoms with Gasteiger partial charge in [0.15, 0.2) is 0 Å². The fraction of sp³-hybridized carbons (Fsp3) is 0.400. The molecule has 0 aliphatic carbocycles. The predicted octanol–water partition coefficient (Wildman–Crippen LogP) is 2.97. The van der Waals surface area contributed by atoms with E-state index in [-0.39, 0.29) is 0 Å². The molecule has 0 atom stereocenters. The molecule has 58 valence electrons. The summed E-state index contributed by atoms with van der Waals surface area (Å²) in [5, 5.41) is 0. The van der Waals surface area contributed by atoms with Crippen molar-refractivity contribution in [3.63, 3.8) is 0 Å². The third-order valence-corrected chi connectivity index (χ3v) is 1.58. The van der Waals surface area contributed by atoms with Crippen LogP contribution in [0.25, 0.3) is 0 Å². The molecule has 0 nitrogen and oxygen atoms in total. The number of hydrogen-bond acceptors (Lipinski definition) is 0. The molecule has 0 amide bonds. The van der Waals surface area contributed by atoms with Crippen LogP contribution in [0.2, 0.25) is 0 Å². The van der Waals surface area contributed by atoms with Gasteiger partial charge in [-0.3, -0.25) is 0 Å². The van der Waals surface area contributed by atoms with Crippen LogP contribution in [0.4, 0.5) is 0 Å². The Labute approximate surface area is 71.1 Å². The van der Waals surface area contributed by atoms with Crippen LogP contribution in [-0.2, 0) is 0 Å². The lowest BCUT2D eigenvalue weighted by molar-refractivity contribution is 1.30. The summed E-state index contributed by atoms with van der Waals surface area (Å²) < 4.78 is 0. The monoisotopic (exact) mass is 146 g/mol. The third-order valence-electron chi connectivity index (χ3n) is 1.58. The van der Waals surface area contributed by atoms with Gasteiger partial charge < -0.3 is 0 Å². The molecule has 0 spiro atoms. The second kappa shape index (κ2) is 4.22. The first-order valence-electron chi connectivity index (χ1n) is 3.72. The Balaban J connectivity index is 4.68. The quantitative estimate of drug-likeness (QED) is 0.415. The SMILES string of the molecule is [B]C(=C)/C(C)=C(/C)C=C(C)C. The smallest absolute Gasteiger partial charge is 0.106 e.